The number of nitrogens with zero attached hydrogens (tertiary/aromatic N) is 5. The monoisotopic (exact) mass is 1010 g/mol. The molecule has 0 saturated heterocycles. The van der Waals surface area contributed by atoms with Crippen molar-refractivity contribution < 1.29 is 117 Å². The van der Waals surface area contributed by atoms with E-state index in [2.05, 4.69) is 27.0 Å². The number of pyridine rings is 1. The molecule has 342 valence electrons. The van der Waals surface area contributed by atoms with Crippen molar-refractivity contribution in [1.29, 1.82) is 0 Å². The fourth-order valence-electron chi connectivity index (χ4n) is 7.83. The van der Waals surface area contributed by atoms with Crippen LogP contribution in [0.15, 0.2) is 42.5 Å². The zero-order chi connectivity index (χ0) is 47.4. The van der Waals surface area contributed by atoms with Gasteiger partial charge in [-0.15, -0.1) is 0 Å². The molecule has 0 spiro atoms. The van der Waals surface area contributed by atoms with Crippen molar-refractivity contribution in [3.8, 4) is 23.0 Å². The molecule has 26 heteroatoms. The van der Waals surface area contributed by atoms with E-state index < -0.39 is 137 Å². The quantitative estimate of drug-likeness (QED) is 0.0997. The summed E-state index contributed by atoms with van der Waals surface area (Å²) in [5.41, 5.74) is 1.67. The van der Waals surface area contributed by atoms with Crippen LogP contribution in [-0.2, 0) is 49.7 Å². The van der Waals surface area contributed by atoms with Crippen LogP contribution in [0.1, 0.15) is 72.0 Å². The van der Waals surface area contributed by atoms with Gasteiger partial charge in [-0.1, -0.05) is 23.6 Å². The number of anilines is 1. The Hall–Kier alpha value is -3.77. The Morgan fingerprint density at radius 3 is 2.15 bits per heavy atom. The number of fused-ring (bicyclic) bond motifs is 4. The van der Waals surface area contributed by atoms with Crippen molar-refractivity contribution in [2.24, 2.45) is 5.92 Å². The van der Waals surface area contributed by atoms with Crippen LogP contribution < -0.4 is 56.1 Å². The number of rotatable bonds is 11. The van der Waals surface area contributed by atoms with Gasteiger partial charge in [0.25, 0.3) is 5.92 Å². The van der Waals surface area contributed by atoms with E-state index in [9.17, 15) is 56.8 Å². The predicted octanol–water partition coefficient (Wildman–Crippen LogP) is 5.71. The molecule has 0 aliphatic heterocycles. The van der Waals surface area contributed by atoms with E-state index in [1.807, 2.05) is 4.72 Å². The first-order chi connectivity index (χ1) is 29.3. The second-order valence-corrected chi connectivity index (χ2v) is 20.7. The molecule has 3 heterocycles. The summed E-state index contributed by atoms with van der Waals surface area (Å²) in [6.45, 7) is 0.540. The van der Waals surface area contributed by atoms with Crippen LogP contribution in [0.3, 0.4) is 0 Å². The SMILES string of the molecule is CC(C)(C#Cc1ccc(-c2ccc(Cl)c3c(NS(C)(=O)=O)nn(CC(F)(F)F)c23)c([C@@H](Cc2cc(F)cc(F)c2)C(C([NH-])=O)n2nc(C(F)(F)F)c3c2C(F)(F)[C@@H]2C[C@H]32)n1)S(C)(=O)=O.[K+]. The third-order valence-electron chi connectivity index (χ3n) is 10.9. The molecule has 4 atom stereocenters. The first-order valence-electron chi connectivity index (χ1n) is 18.5. The molecule has 3 aromatic heterocycles. The number of carbonyl (C=O) groups excluding carboxylic acids is 1. The molecule has 65 heavy (non-hydrogen) atoms. The van der Waals surface area contributed by atoms with Gasteiger partial charge in [-0.2, -0.15) is 45.3 Å². The van der Waals surface area contributed by atoms with E-state index in [1.54, 1.807) is 0 Å². The summed E-state index contributed by atoms with van der Waals surface area (Å²) in [4.78, 5) is 18.2. The second kappa shape index (κ2) is 17.1. The van der Waals surface area contributed by atoms with Crippen molar-refractivity contribution in [2.75, 3.05) is 17.2 Å². The zero-order valence-corrected chi connectivity index (χ0v) is 39.7. The summed E-state index contributed by atoms with van der Waals surface area (Å²) < 4.78 is 199. The number of carbonyl (C=O) groups is 1. The third kappa shape index (κ3) is 9.95. The first kappa shape index (κ1) is 50.6. The minimum absolute atomic E-state index is 0. The Morgan fingerprint density at radius 2 is 1.60 bits per heavy atom. The molecule has 1 saturated carbocycles. The van der Waals surface area contributed by atoms with Crippen LogP contribution >= 0.6 is 11.6 Å². The van der Waals surface area contributed by atoms with Gasteiger partial charge in [-0.3, -0.25) is 14.1 Å². The van der Waals surface area contributed by atoms with Crippen molar-refractivity contribution in [3.63, 3.8) is 0 Å². The fraction of sp³-hybridized carbons (Fsp3) is 0.385. The number of nitrogens with one attached hydrogen (secondary N) is 2. The van der Waals surface area contributed by atoms with E-state index in [4.69, 9.17) is 17.3 Å². The van der Waals surface area contributed by atoms with Gasteiger partial charge in [0.1, 0.15) is 40.4 Å². The smallest absolute Gasteiger partial charge is 0.666 e. The molecule has 1 unspecified atom stereocenters. The van der Waals surface area contributed by atoms with Gasteiger partial charge in [-0.25, -0.2) is 30.6 Å². The summed E-state index contributed by atoms with van der Waals surface area (Å²) in [5, 5.41) is 6.49. The summed E-state index contributed by atoms with van der Waals surface area (Å²) in [6, 6.07) is 3.70. The molecule has 0 bridgehead atoms. The van der Waals surface area contributed by atoms with Gasteiger partial charge in [0, 0.05) is 40.8 Å². The first-order valence-corrected chi connectivity index (χ1v) is 22.7. The number of halogens is 11. The van der Waals surface area contributed by atoms with Gasteiger partial charge in [0.15, 0.2) is 21.3 Å². The van der Waals surface area contributed by atoms with Gasteiger partial charge in [0.05, 0.1) is 33.8 Å². The maximum absolute atomic E-state index is 16.1. The predicted molar refractivity (Wildman–Crippen MR) is 211 cm³/mol. The molecule has 2 aliphatic carbocycles. The number of alkyl halides is 8. The van der Waals surface area contributed by atoms with E-state index in [0.717, 1.165) is 42.7 Å². The molecule has 2 N–H and O–H groups in total. The maximum atomic E-state index is 16.1. The van der Waals surface area contributed by atoms with Gasteiger partial charge in [0.2, 0.25) is 10.0 Å². The minimum atomic E-state index is -5.38. The molecule has 1 amide bonds. The Morgan fingerprint density at radius 1 is 0.985 bits per heavy atom. The molecule has 1 fully saturated rings. The topological polar surface area (TPSA) is 170 Å². The van der Waals surface area contributed by atoms with Crippen LogP contribution in [0.5, 0.6) is 0 Å². The maximum Gasteiger partial charge on any atom is 1.00 e. The zero-order valence-electron chi connectivity index (χ0n) is 34.2. The summed E-state index contributed by atoms with van der Waals surface area (Å²) in [7, 11) is -8.20. The van der Waals surface area contributed by atoms with Crippen molar-refractivity contribution >= 4 is 54.1 Å². The van der Waals surface area contributed by atoms with E-state index in [1.165, 1.54) is 13.8 Å². The molecule has 5 aromatic rings. The van der Waals surface area contributed by atoms with Crippen LogP contribution in [0.2, 0.25) is 5.02 Å². The van der Waals surface area contributed by atoms with Crippen LogP contribution in [0.4, 0.5) is 49.7 Å². The third-order valence-corrected chi connectivity index (χ3v) is 13.7. The minimum Gasteiger partial charge on any atom is -0.666 e. The Labute approximate surface area is 411 Å². The summed E-state index contributed by atoms with van der Waals surface area (Å²) >= 11 is 6.46. The van der Waals surface area contributed by atoms with Gasteiger partial charge < -0.3 is 10.5 Å². The van der Waals surface area contributed by atoms with E-state index in [-0.39, 0.29) is 89.9 Å². The van der Waals surface area contributed by atoms with Crippen molar-refractivity contribution in [3.05, 3.63) is 98.8 Å². The number of benzene rings is 2. The van der Waals surface area contributed by atoms with Crippen LogP contribution in [-0.4, -0.2) is 70.7 Å². The van der Waals surface area contributed by atoms with Gasteiger partial charge >= 0.3 is 63.7 Å². The molecule has 2 aliphatic rings. The molecule has 12 nitrogen and oxygen atoms in total. The number of sulfone groups is 1. The largest absolute Gasteiger partial charge is 1.00 e. The average molecular weight is 1010 g/mol. The van der Waals surface area contributed by atoms with Crippen molar-refractivity contribution in [1.82, 2.24) is 24.5 Å². The van der Waals surface area contributed by atoms with Crippen LogP contribution in [0.25, 0.3) is 27.8 Å². The van der Waals surface area contributed by atoms with E-state index in [0.29, 0.717) is 17.0 Å². The fourth-order valence-corrected chi connectivity index (χ4v) is 8.80. The van der Waals surface area contributed by atoms with E-state index >= 15 is 8.78 Å². The molecule has 2 aromatic carbocycles. The number of sulfonamides is 1. The van der Waals surface area contributed by atoms with Crippen molar-refractivity contribution in [2.45, 2.75) is 74.1 Å². The Bertz CT molecular complexity index is 3050. The number of amides is 1. The summed E-state index contributed by atoms with van der Waals surface area (Å²) in [5.74, 6) is -9.12. The normalized spacial score (nSPS) is 18.0. The second-order valence-electron chi connectivity index (χ2n) is 16.0. The van der Waals surface area contributed by atoms with Crippen LogP contribution in [0, 0.1) is 29.4 Å². The van der Waals surface area contributed by atoms with Gasteiger partial charge in [-0.05, 0) is 74.4 Å². The number of hydrogen-bond acceptors (Lipinski definition) is 8. The molecular weight excluding hydrogens is 975 g/mol. The summed E-state index contributed by atoms with van der Waals surface area (Å²) in [6.07, 6.45) is -10.2. The number of aromatic nitrogens is 5. The average Bonchev–Trinajstić information content (AvgIpc) is 3.64. The molecular formula is C39H31ClF10KN7O5S2. The molecule has 7 rings (SSSR count). The Kier molecular flexibility index (Phi) is 13.3. The standard InChI is InChI=1S/C39H32ClF10N7O5S2.K/c1-36(2,63(3,59)60)10-9-20-5-6-21(22-7-8-26(40)28-30(22)56(16-37(43,44)45)54-35(28)55-64(4,61)62)29(52-20)24(13-17-11-18(41)14-19(42)12-17)31(34(51)58)57-33-27(32(53-57)39(48,49)50)23-15-25(23)38(33,46)47;/h5-8,11-12,14,23-25,31H,13,15-16H2,1-4H3,(H3,51,54,55,58);/q;+1/p-1/t23-,24+,25+,31?;/m0./s1. The number of hydrogen-bond donors (Lipinski definition) is 1. The Balaban J connectivity index is 0.00000700. The molecule has 0 radical (unpaired) electrons.